The first-order valence-electron chi connectivity index (χ1n) is 10.5. The third-order valence-corrected chi connectivity index (χ3v) is 5.79. The SMILES string of the molecule is CC(C)N1CCN(C(=O)c2ccc(-c3cnc4[nH]cc(C=CC(N)=O)c4c3)cc2)CC1. The van der Waals surface area contributed by atoms with E-state index in [0.717, 1.165) is 53.9 Å². The zero-order chi connectivity index (χ0) is 22.0. The zero-order valence-electron chi connectivity index (χ0n) is 17.8. The summed E-state index contributed by atoms with van der Waals surface area (Å²) < 4.78 is 0. The van der Waals surface area contributed by atoms with E-state index in [2.05, 4.69) is 28.7 Å². The van der Waals surface area contributed by atoms with Crippen molar-refractivity contribution < 1.29 is 9.59 Å². The van der Waals surface area contributed by atoms with Crippen molar-refractivity contribution >= 4 is 28.9 Å². The fourth-order valence-electron chi connectivity index (χ4n) is 3.92. The van der Waals surface area contributed by atoms with Crippen molar-refractivity contribution in [1.29, 1.82) is 0 Å². The molecule has 1 fully saturated rings. The van der Waals surface area contributed by atoms with Gasteiger partial charge in [-0.2, -0.15) is 0 Å². The van der Waals surface area contributed by atoms with Crippen LogP contribution in [-0.4, -0.2) is 63.8 Å². The predicted octanol–water partition coefficient (Wildman–Crippen LogP) is 2.89. The summed E-state index contributed by atoms with van der Waals surface area (Å²) in [6.07, 6.45) is 6.59. The number of rotatable bonds is 5. The molecule has 3 N–H and O–H groups in total. The first kappa shape index (κ1) is 20.8. The minimum atomic E-state index is -0.496. The standard InChI is InChI=1S/C24H27N5O2/c1-16(2)28-9-11-29(12-10-28)24(31)18-5-3-17(4-6-18)20-13-21-19(7-8-22(25)30)14-26-23(21)27-15-20/h3-8,13-16H,9-12H2,1-2H3,(H2,25,30)(H,26,27). The van der Waals surface area contributed by atoms with Crippen molar-refractivity contribution in [3.05, 3.63) is 59.9 Å². The molecule has 1 saturated heterocycles. The number of hydrogen-bond acceptors (Lipinski definition) is 4. The van der Waals surface area contributed by atoms with E-state index in [1.807, 2.05) is 35.2 Å². The number of H-pyrrole nitrogens is 1. The predicted molar refractivity (Wildman–Crippen MR) is 122 cm³/mol. The van der Waals surface area contributed by atoms with Gasteiger partial charge in [0.1, 0.15) is 5.65 Å². The van der Waals surface area contributed by atoms with Gasteiger partial charge in [0.15, 0.2) is 0 Å². The Morgan fingerprint density at radius 1 is 1.10 bits per heavy atom. The Morgan fingerprint density at radius 3 is 2.45 bits per heavy atom. The molecule has 0 radical (unpaired) electrons. The molecule has 1 aromatic carbocycles. The van der Waals surface area contributed by atoms with Gasteiger partial charge in [-0.05, 0) is 43.7 Å². The van der Waals surface area contributed by atoms with Crippen LogP contribution in [0.5, 0.6) is 0 Å². The summed E-state index contributed by atoms with van der Waals surface area (Å²) in [7, 11) is 0. The molecule has 160 valence electrons. The smallest absolute Gasteiger partial charge is 0.253 e. The van der Waals surface area contributed by atoms with Gasteiger partial charge in [-0.3, -0.25) is 14.5 Å². The number of fused-ring (bicyclic) bond motifs is 1. The highest BCUT2D eigenvalue weighted by atomic mass is 16.2. The van der Waals surface area contributed by atoms with Gasteiger partial charge in [-0.1, -0.05) is 12.1 Å². The van der Waals surface area contributed by atoms with Crippen LogP contribution in [0.1, 0.15) is 29.8 Å². The van der Waals surface area contributed by atoms with Crippen molar-refractivity contribution in [2.24, 2.45) is 5.73 Å². The Morgan fingerprint density at radius 2 is 1.81 bits per heavy atom. The zero-order valence-corrected chi connectivity index (χ0v) is 17.8. The van der Waals surface area contributed by atoms with Crippen LogP contribution < -0.4 is 5.73 Å². The number of carbonyl (C=O) groups is 2. The Balaban J connectivity index is 1.51. The van der Waals surface area contributed by atoms with Crippen molar-refractivity contribution in [2.45, 2.75) is 19.9 Å². The third-order valence-electron chi connectivity index (χ3n) is 5.79. The molecule has 7 heteroatoms. The summed E-state index contributed by atoms with van der Waals surface area (Å²) in [5, 5.41) is 0.901. The first-order chi connectivity index (χ1) is 14.9. The van der Waals surface area contributed by atoms with Crippen molar-refractivity contribution in [2.75, 3.05) is 26.2 Å². The van der Waals surface area contributed by atoms with Gasteiger partial charge >= 0.3 is 0 Å². The van der Waals surface area contributed by atoms with Crippen LogP contribution >= 0.6 is 0 Å². The normalized spacial score (nSPS) is 15.3. The maximum absolute atomic E-state index is 12.9. The molecule has 1 aliphatic rings. The van der Waals surface area contributed by atoms with E-state index in [1.54, 1.807) is 18.5 Å². The van der Waals surface area contributed by atoms with Crippen molar-refractivity contribution in [1.82, 2.24) is 19.8 Å². The van der Waals surface area contributed by atoms with Gasteiger partial charge in [-0.15, -0.1) is 0 Å². The molecule has 0 bridgehead atoms. The molecule has 31 heavy (non-hydrogen) atoms. The largest absolute Gasteiger partial charge is 0.366 e. The number of amides is 2. The summed E-state index contributed by atoms with van der Waals surface area (Å²) >= 11 is 0. The molecule has 3 aromatic rings. The molecule has 4 rings (SSSR count). The third kappa shape index (κ3) is 4.51. The minimum Gasteiger partial charge on any atom is -0.366 e. The number of nitrogens with two attached hydrogens (primary N) is 1. The molecular formula is C24H27N5O2. The quantitative estimate of drug-likeness (QED) is 0.624. The second-order valence-corrected chi connectivity index (χ2v) is 8.10. The van der Waals surface area contributed by atoms with E-state index >= 15 is 0 Å². The second-order valence-electron chi connectivity index (χ2n) is 8.10. The number of nitrogens with zero attached hydrogens (tertiary/aromatic N) is 3. The van der Waals surface area contributed by atoms with Gasteiger partial charge in [0.05, 0.1) is 0 Å². The number of primary amides is 1. The van der Waals surface area contributed by atoms with E-state index < -0.39 is 5.91 Å². The van der Waals surface area contributed by atoms with Crippen LogP contribution in [0.25, 0.3) is 28.2 Å². The monoisotopic (exact) mass is 417 g/mol. The van der Waals surface area contributed by atoms with E-state index in [1.165, 1.54) is 6.08 Å². The number of carbonyl (C=O) groups excluding carboxylic acids is 2. The summed E-state index contributed by atoms with van der Waals surface area (Å²) in [6, 6.07) is 10.2. The van der Waals surface area contributed by atoms with Crippen LogP contribution in [0.2, 0.25) is 0 Å². The number of aromatic amines is 1. The molecular weight excluding hydrogens is 390 g/mol. The summed E-state index contributed by atoms with van der Waals surface area (Å²) in [5.74, 6) is -0.419. The molecule has 0 aliphatic carbocycles. The van der Waals surface area contributed by atoms with E-state index in [4.69, 9.17) is 5.73 Å². The van der Waals surface area contributed by atoms with Gasteiger partial charge in [0.25, 0.3) is 5.91 Å². The Bertz CT molecular complexity index is 1120. The average molecular weight is 418 g/mol. The van der Waals surface area contributed by atoms with E-state index in [9.17, 15) is 9.59 Å². The van der Waals surface area contributed by atoms with Crippen LogP contribution in [0.15, 0.2) is 48.8 Å². The lowest BCUT2D eigenvalue weighted by Gasteiger charge is -2.37. The minimum absolute atomic E-state index is 0.0769. The molecule has 1 aliphatic heterocycles. The lowest BCUT2D eigenvalue weighted by atomic mass is 10.0. The van der Waals surface area contributed by atoms with Crippen LogP contribution in [0, 0.1) is 0 Å². The van der Waals surface area contributed by atoms with Crippen LogP contribution in [0.3, 0.4) is 0 Å². The molecule has 2 aromatic heterocycles. The average Bonchev–Trinajstić information content (AvgIpc) is 3.19. The molecule has 0 saturated carbocycles. The molecule has 0 atom stereocenters. The topological polar surface area (TPSA) is 95.3 Å². The maximum Gasteiger partial charge on any atom is 0.253 e. The lowest BCUT2D eigenvalue weighted by molar-refractivity contribution is -0.113. The van der Waals surface area contributed by atoms with Gasteiger partial charge in [-0.25, -0.2) is 4.98 Å². The Labute approximate surface area is 181 Å². The van der Waals surface area contributed by atoms with Crippen LogP contribution in [0.4, 0.5) is 0 Å². The number of benzene rings is 1. The fraction of sp³-hybridized carbons (Fsp3) is 0.292. The fourth-order valence-corrected chi connectivity index (χ4v) is 3.92. The number of hydrogen-bond donors (Lipinski definition) is 2. The van der Waals surface area contributed by atoms with Gasteiger partial charge in [0.2, 0.25) is 5.91 Å². The summed E-state index contributed by atoms with van der Waals surface area (Å²) in [5.41, 5.74) is 9.39. The number of pyridine rings is 1. The van der Waals surface area contributed by atoms with Crippen molar-refractivity contribution in [3.63, 3.8) is 0 Å². The molecule has 0 spiro atoms. The van der Waals surface area contributed by atoms with E-state index in [-0.39, 0.29) is 5.91 Å². The Hall–Kier alpha value is -3.45. The van der Waals surface area contributed by atoms with Crippen LogP contribution in [-0.2, 0) is 4.79 Å². The van der Waals surface area contributed by atoms with Crippen molar-refractivity contribution in [3.8, 4) is 11.1 Å². The number of aromatic nitrogens is 2. The molecule has 2 amide bonds. The molecule has 3 heterocycles. The maximum atomic E-state index is 12.9. The molecule has 0 unspecified atom stereocenters. The Kier molecular flexibility index (Phi) is 5.86. The highest BCUT2D eigenvalue weighted by molar-refractivity contribution is 5.96. The number of piperazine rings is 1. The van der Waals surface area contributed by atoms with E-state index in [0.29, 0.717) is 11.6 Å². The van der Waals surface area contributed by atoms with Gasteiger partial charge < -0.3 is 15.6 Å². The second kappa shape index (κ2) is 8.73. The summed E-state index contributed by atoms with van der Waals surface area (Å²) in [4.78, 5) is 35.8. The lowest BCUT2D eigenvalue weighted by Crippen LogP contribution is -2.50. The summed E-state index contributed by atoms with van der Waals surface area (Å²) in [6.45, 7) is 7.72. The first-order valence-corrected chi connectivity index (χ1v) is 10.5. The van der Waals surface area contributed by atoms with Gasteiger partial charge in [0, 0.05) is 72.8 Å². The number of nitrogens with one attached hydrogen (secondary N) is 1. The molecule has 7 nitrogen and oxygen atoms in total. The highest BCUT2D eigenvalue weighted by Gasteiger charge is 2.23. The highest BCUT2D eigenvalue weighted by Crippen LogP contribution is 2.26.